The highest BCUT2D eigenvalue weighted by molar-refractivity contribution is 5.97. The van der Waals surface area contributed by atoms with E-state index in [2.05, 4.69) is 38.4 Å². The van der Waals surface area contributed by atoms with Crippen molar-refractivity contribution < 1.29 is 76.4 Å². The molecular weight excluding hydrogens is 1110 g/mol. The van der Waals surface area contributed by atoms with E-state index in [1.165, 1.54) is 0 Å². The molecule has 1 unspecified atom stereocenters. The molecule has 8 N–H and O–H groups in total. The molecule has 0 radical (unpaired) electrons. The van der Waals surface area contributed by atoms with Gasteiger partial charge < -0.3 is 89.7 Å². The number of para-hydroxylation sites is 1. The number of nitrogens with one attached hydrogen (secondary N) is 5. The van der Waals surface area contributed by atoms with E-state index in [4.69, 9.17) is 58.2 Å². The van der Waals surface area contributed by atoms with Gasteiger partial charge in [0.05, 0.1) is 150 Å². The lowest BCUT2D eigenvalue weighted by molar-refractivity contribution is -0.130. The van der Waals surface area contributed by atoms with Gasteiger partial charge in [-0.05, 0) is 75.1 Å². The first-order chi connectivity index (χ1) is 42.0. The number of nitrogens with two attached hydrogens (primary N) is 1. The molecule has 3 atom stereocenters. The number of benzene rings is 2. The summed E-state index contributed by atoms with van der Waals surface area (Å²) in [6.07, 6.45) is 5.81. The average molecular weight is 1210 g/mol. The maximum atomic E-state index is 13.4. The van der Waals surface area contributed by atoms with Crippen molar-refractivity contribution in [3.05, 3.63) is 76.6 Å². The number of nitrogens with zero attached hydrogens (tertiary/aromatic N) is 1. The van der Waals surface area contributed by atoms with Gasteiger partial charge in [-0.15, -0.1) is 0 Å². The molecule has 1 aliphatic carbocycles. The van der Waals surface area contributed by atoms with Crippen LogP contribution in [-0.4, -0.2) is 205 Å². The normalized spacial score (nSPS) is 14.8. The lowest BCUT2D eigenvalue weighted by Gasteiger charge is -2.26. The standard InChI is InChI=1S/C63H99N7O16/c1-49(2)50(3)68-63(76)55(17-11-12-25-66-60(74)48-86-57-19-6-4-5-16-54(62(57)64)65-26-30-78-34-38-82-43-45-85-46-44-84-40-36-80-32-28-71)69-59(73)24-29-77-33-37-81-41-42-83-39-35-79-31-27-67-58(72)22-23-61(75)70-47-53-15-8-7-13-51(53)20-21-52-14-9-10-18-56(52)70/h7-10,13-15,18,49-50,55,57,65,71H,4-6,11-12,16-17,19,22-48,64H2,1-3H3,(H,66,74)(H,67,72)(H,68,76)(H,69,73)/t50-,55-,57?/m1/s1. The van der Waals surface area contributed by atoms with Crippen molar-refractivity contribution in [2.24, 2.45) is 11.7 Å². The lowest BCUT2D eigenvalue weighted by atomic mass is 9.99. The number of fused-ring (bicyclic) bond motifs is 2. The number of rotatable bonds is 48. The Labute approximate surface area is 509 Å². The molecule has 23 heteroatoms. The fourth-order valence-electron chi connectivity index (χ4n) is 8.78. The van der Waals surface area contributed by atoms with Crippen molar-refractivity contribution in [2.45, 2.75) is 116 Å². The fraction of sp³-hybridized carbons (Fsp3) is 0.667. The quantitative estimate of drug-likeness (QED) is 0.0369. The highest BCUT2D eigenvalue weighted by Gasteiger charge is 2.25. The van der Waals surface area contributed by atoms with Gasteiger partial charge in [-0.25, -0.2) is 0 Å². The summed E-state index contributed by atoms with van der Waals surface area (Å²) in [7, 11) is 0. The summed E-state index contributed by atoms with van der Waals surface area (Å²) in [6.45, 7) is 14.3. The summed E-state index contributed by atoms with van der Waals surface area (Å²) in [5.74, 6) is 5.40. The average Bonchev–Trinajstić information content (AvgIpc) is 3.30. The molecular formula is C63H99N7O16. The summed E-state index contributed by atoms with van der Waals surface area (Å²) in [4.78, 5) is 66.8. The molecule has 4 rings (SSSR count). The number of unbranched alkanes of at least 4 members (excludes halogenated alkanes) is 1. The molecule has 0 saturated heterocycles. The van der Waals surface area contributed by atoms with Crippen molar-refractivity contribution in [3.8, 4) is 11.8 Å². The Morgan fingerprint density at radius 2 is 1.15 bits per heavy atom. The number of hydrogen-bond acceptors (Lipinski definition) is 18. The molecule has 1 heterocycles. The van der Waals surface area contributed by atoms with Crippen molar-refractivity contribution >= 4 is 35.2 Å². The number of amides is 5. The minimum atomic E-state index is -0.747. The van der Waals surface area contributed by atoms with Crippen molar-refractivity contribution in [1.82, 2.24) is 26.6 Å². The first-order valence-electron chi connectivity index (χ1n) is 30.7. The minimum absolute atomic E-state index is 0.000383. The second-order valence-electron chi connectivity index (χ2n) is 21.0. The Kier molecular flexibility index (Phi) is 39.2. The van der Waals surface area contributed by atoms with Crippen LogP contribution in [-0.2, 0) is 77.9 Å². The summed E-state index contributed by atoms with van der Waals surface area (Å²) < 4.78 is 55.7. The van der Waals surface area contributed by atoms with Crippen LogP contribution in [0.4, 0.5) is 5.69 Å². The van der Waals surface area contributed by atoms with Gasteiger partial charge in [0, 0.05) is 61.8 Å². The first kappa shape index (κ1) is 72.7. The van der Waals surface area contributed by atoms with E-state index in [1.807, 2.05) is 69.3 Å². The third-order valence-electron chi connectivity index (χ3n) is 14.0. The van der Waals surface area contributed by atoms with Crippen molar-refractivity contribution in [1.29, 1.82) is 0 Å². The predicted molar refractivity (Wildman–Crippen MR) is 325 cm³/mol. The van der Waals surface area contributed by atoms with Crippen LogP contribution >= 0.6 is 0 Å². The molecule has 0 fully saturated rings. The van der Waals surface area contributed by atoms with Gasteiger partial charge in [-0.3, -0.25) is 24.0 Å². The molecule has 5 amide bonds. The zero-order valence-corrected chi connectivity index (χ0v) is 51.3. The SMILES string of the molecule is CC(C)[C@@H](C)NC(=O)[C@@H](CCCCNC(=O)COC1CCCCCC(NCCOCCOCCOCCOCCOCCO)=C1N)NC(=O)CCOCCOCCOCCOCCNC(=O)CCC(=O)N1Cc2ccccc2C#Cc2ccccc21. The van der Waals surface area contributed by atoms with Crippen molar-refractivity contribution in [2.75, 3.05) is 157 Å². The van der Waals surface area contributed by atoms with Gasteiger partial charge in [0.25, 0.3) is 0 Å². The second kappa shape index (κ2) is 46.4. The molecule has 482 valence electrons. The number of aliphatic hydroxyl groups is 1. The van der Waals surface area contributed by atoms with Crippen LogP contribution in [0.3, 0.4) is 0 Å². The number of ether oxygens (including phenoxy) is 10. The van der Waals surface area contributed by atoms with Gasteiger partial charge in [0.1, 0.15) is 12.6 Å². The van der Waals surface area contributed by atoms with Crippen LogP contribution in [0.25, 0.3) is 0 Å². The monoisotopic (exact) mass is 1210 g/mol. The summed E-state index contributed by atoms with van der Waals surface area (Å²) in [5, 5.41) is 23.7. The largest absolute Gasteiger partial charge is 0.399 e. The Bertz CT molecular complexity index is 2330. The van der Waals surface area contributed by atoms with Crippen LogP contribution in [0.2, 0.25) is 0 Å². The van der Waals surface area contributed by atoms with Crippen LogP contribution < -0.4 is 37.2 Å². The molecule has 23 nitrogen and oxygen atoms in total. The smallest absolute Gasteiger partial charge is 0.246 e. The van der Waals surface area contributed by atoms with Gasteiger partial charge in [0.2, 0.25) is 29.5 Å². The maximum absolute atomic E-state index is 13.4. The Balaban J connectivity index is 0.984. The number of allylic oxidation sites excluding steroid dienone is 1. The Morgan fingerprint density at radius 1 is 0.593 bits per heavy atom. The zero-order chi connectivity index (χ0) is 61.7. The molecule has 0 aromatic heterocycles. The Morgan fingerprint density at radius 3 is 1.79 bits per heavy atom. The number of carbonyl (C=O) groups is 5. The molecule has 2 aromatic carbocycles. The molecule has 0 saturated carbocycles. The Hall–Kier alpha value is -5.75. The van der Waals surface area contributed by atoms with E-state index in [1.54, 1.807) is 4.90 Å². The first-order valence-corrected chi connectivity index (χ1v) is 30.7. The third-order valence-corrected chi connectivity index (χ3v) is 14.0. The van der Waals surface area contributed by atoms with E-state index in [0.29, 0.717) is 163 Å². The van der Waals surface area contributed by atoms with Crippen LogP contribution in [0.1, 0.15) is 108 Å². The van der Waals surface area contributed by atoms with Gasteiger partial charge >= 0.3 is 0 Å². The summed E-state index contributed by atoms with van der Waals surface area (Å²) >= 11 is 0. The zero-order valence-electron chi connectivity index (χ0n) is 51.3. The molecule has 2 aromatic rings. The van der Waals surface area contributed by atoms with Crippen LogP contribution in [0.5, 0.6) is 0 Å². The van der Waals surface area contributed by atoms with Crippen LogP contribution in [0, 0.1) is 17.8 Å². The molecule has 0 bridgehead atoms. The minimum Gasteiger partial charge on any atom is -0.399 e. The van der Waals surface area contributed by atoms with E-state index >= 15 is 0 Å². The van der Waals surface area contributed by atoms with Crippen LogP contribution in [0.15, 0.2) is 59.9 Å². The van der Waals surface area contributed by atoms with Gasteiger partial charge in [-0.2, -0.15) is 0 Å². The van der Waals surface area contributed by atoms with E-state index in [0.717, 1.165) is 53.8 Å². The predicted octanol–water partition coefficient (Wildman–Crippen LogP) is 3.40. The molecule has 86 heavy (non-hydrogen) atoms. The highest BCUT2D eigenvalue weighted by Crippen LogP contribution is 2.26. The molecule has 1 aliphatic heterocycles. The number of carbonyl (C=O) groups excluding carboxylic acids is 5. The van der Waals surface area contributed by atoms with E-state index in [-0.39, 0.29) is 87.2 Å². The number of anilines is 1. The summed E-state index contributed by atoms with van der Waals surface area (Å²) in [5.41, 5.74) is 11.5. The van der Waals surface area contributed by atoms with Gasteiger partial charge in [-0.1, -0.05) is 68.9 Å². The lowest BCUT2D eigenvalue weighted by Crippen LogP contribution is -2.50. The third kappa shape index (κ3) is 32.3. The highest BCUT2D eigenvalue weighted by atomic mass is 16.6. The number of aliphatic hydroxyl groups excluding tert-OH is 1. The van der Waals surface area contributed by atoms with E-state index in [9.17, 15) is 24.0 Å². The van der Waals surface area contributed by atoms with Gasteiger partial charge in [0.15, 0.2) is 0 Å². The maximum Gasteiger partial charge on any atom is 0.246 e. The molecule has 2 aliphatic rings. The number of hydrogen-bond donors (Lipinski definition) is 7. The topological polar surface area (TPSA) is 287 Å². The summed E-state index contributed by atoms with van der Waals surface area (Å²) in [6, 6.07) is 14.5. The molecule has 0 spiro atoms. The van der Waals surface area contributed by atoms with Crippen molar-refractivity contribution in [3.63, 3.8) is 0 Å². The fourth-order valence-corrected chi connectivity index (χ4v) is 8.78. The van der Waals surface area contributed by atoms with E-state index < -0.39 is 12.1 Å². The second-order valence-corrected chi connectivity index (χ2v) is 21.0.